The number of amides is 2. The van der Waals surface area contributed by atoms with E-state index in [0.29, 0.717) is 20.9 Å². The Kier molecular flexibility index (Phi) is 8.31. The van der Waals surface area contributed by atoms with Gasteiger partial charge in [0.1, 0.15) is 0 Å². The molecule has 9 nitrogen and oxygen atoms in total. The molecule has 0 aliphatic rings. The van der Waals surface area contributed by atoms with Gasteiger partial charge in [-0.3, -0.25) is 24.5 Å². The number of esters is 1. The summed E-state index contributed by atoms with van der Waals surface area (Å²) in [6.45, 7) is 1.28. The summed E-state index contributed by atoms with van der Waals surface area (Å²) in [5, 5.41) is 16.1. The number of nitro groups is 1. The Morgan fingerprint density at radius 3 is 2.40 bits per heavy atom. The van der Waals surface area contributed by atoms with Gasteiger partial charge in [-0.1, -0.05) is 11.6 Å². The van der Waals surface area contributed by atoms with Gasteiger partial charge in [0, 0.05) is 34.4 Å². The number of non-ortho nitro benzene ring substituents is 1. The van der Waals surface area contributed by atoms with Crippen LogP contribution < -0.4 is 10.6 Å². The highest BCUT2D eigenvalue weighted by atomic mass is 79.9. The van der Waals surface area contributed by atoms with Crippen LogP contribution in [0, 0.1) is 17.0 Å². The molecule has 0 radical (unpaired) electrons. The largest absolute Gasteiger partial charge is 0.456 e. The van der Waals surface area contributed by atoms with E-state index in [4.69, 9.17) is 16.3 Å². The molecule has 0 saturated heterocycles. The maximum absolute atomic E-state index is 11.9. The number of halogens is 2. The van der Waals surface area contributed by atoms with Crippen LogP contribution in [0.1, 0.15) is 18.4 Å². The number of carbonyl (C=O) groups is 3. The van der Waals surface area contributed by atoms with Gasteiger partial charge in [-0.15, -0.1) is 0 Å². The molecule has 0 atom stereocenters. The summed E-state index contributed by atoms with van der Waals surface area (Å²) in [6.07, 6.45) is -0.395. The SMILES string of the molecule is Cc1cc(Br)c(Cl)cc1NC(=O)COC(=O)CCC(=O)Nc1ccc([N+](=O)[O-])cc1. The van der Waals surface area contributed by atoms with Crippen LogP contribution in [0.15, 0.2) is 40.9 Å². The summed E-state index contributed by atoms with van der Waals surface area (Å²) in [5.74, 6) is -1.72. The molecule has 158 valence electrons. The van der Waals surface area contributed by atoms with Gasteiger partial charge in [0.15, 0.2) is 6.61 Å². The number of hydrogen-bond donors (Lipinski definition) is 2. The quantitative estimate of drug-likeness (QED) is 0.319. The van der Waals surface area contributed by atoms with Crippen LogP contribution in [0.25, 0.3) is 0 Å². The third kappa shape index (κ3) is 7.12. The number of anilines is 2. The zero-order valence-corrected chi connectivity index (χ0v) is 18.1. The second-order valence-corrected chi connectivity index (χ2v) is 7.40. The Bertz CT molecular complexity index is 981. The van der Waals surface area contributed by atoms with E-state index in [1.807, 2.05) is 0 Å². The van der Waals surface area contributed by atoms with Crippen molar-refractivity contribution in [1.82, 2.24) is 0 Å². The smallest absolute Gasteiger partial charge is 0.306 e. The summed E-state index contributed by atoms with van der Waals surface area (Å²) in [7, 11) is 0. The van der Waals surface area contributed by atoms with Crippen molar-refractivity contribution in [3.8, 4) is 0 Å². The highest BCUT2D eigenvalue weighted by molar-refractivity contribution is 9.10. The van der Waals surface area contributed by atoms with E-state index in [1.165, 1.54) is 24.3 Å². The van der Waals surface area contributed by atoms with Gasteiger partial charge in [-0.05, 0) is 52.7 Å². The van der Waals surface area contributed by atoms with Crippen molar-refractivity contribution in [3.05, 3.63) is 61.6 Å². The first-order chi connectivity index (χ1) is 14.2. The molecule has 0 saturated carbocycles. The van der Waals surface area contributed by atoms with Gasteiger partial charge in [0.05, 0.1) is 16.4 Å². The van der Waals surface area contributed by atoms with Crippen LogP contribution in [-0.2, 0) is 19.1 Å². The predicted molar refractivity (Wildman–Crippen MR) is 114 cm³/mol. The zero-order chi connectivity index (χ0) is 22.3. The Morgan fingerprint density at radius 1 is 1.10 bits per heavy atom. The molecule has 2 aromatic carbocycles. The molecular weight excluding hydrogens is 482 g/mol. The first-order valence-electron chi connectivity index (χ1n) is 8.61. The zero-order valence-electron chi connectivity index (χ0n) is 15.7. The van der Waals surface area contributed by atoms with Crippen molar-refractivity contribution in [1.29, 1.82) is 0 Å². The molecule has 0 fully saturated rings. The molecule has 2 aromatic rings. The van der Waals surface area contributed by atoms with Crippen LogP contribution >= 0.6 is 27.5 Å². The van der Waals surface area contributed by atoms with E-state index >= 15 is 0 Å². The number of hydrogen-bond acceptors (Lipinski definition) is 6. The van der Waals surface area contributed by atoms with Gasteiger partial charge < -0.3 is 15.4 Å². The van der Waals surface area contributed by atoms with Crippen LogP contribution in [0.2, 0.25) is 5.02 Å². The van der Waals surface area contributed by atoms with E-state index in [-0.39, 0.29) is 18.5 Å². The van der Waals surface area contributed by atoms with Crippen molar-refractivity contribution in [3.63, 3.8) is 0 Å². The van der Waals surface area contributed by atoms with Crippen LogP contribution in [-0.4, -0.2) is 29.3 Å². The summed E-state index contributed by atoms with van der Waals surface area (Å²) < 4.78 is 5.56. The first kappa shape index (κ1) is 23.3. The van der Waals surface area contributed by atoms with E-state index < -0.39 is 29.3 Å². The van der Waals surface area contributed by atoms with Crippen molar-refractivity contribution in [2.45, 2.75) is 19.8 Å². The first-order valence-corrected chi connectivity index (χ1v) is 9.78. The summed E-state index contributed by atoms with van der Waals surface area (Å²) >= 11 is 9.28. The lowest BCUT2D eigenvalue weighted by Crippen LogP contribution is -2.22. The number of rotatable bonds is 8. The normalized spacial score (nSPS) is 10.2. The molecule has 0 aliphatic carbocycles. The number of ether oxygens (including phenoxy) is 1. The van der Waals surface area contributed by atoms with Gasteiger partial charge in [0.2, 0.25) is 5.91 Å². The monoisotopic (exact) mass is 497 g/mol. The van der Waals surface area contributed by atoms with E-state index in [0.717, 1.165) is 5.56 Å². The van der Waals surface area contributed by atoms with Gasteiger partial charge in [0.25, 0.3) is 11.6 Å². The number of nitrogens with one attached hydrogen (secondary N) is 2. The molecule has 30 heavy (non-hydrogen) atoms. The standard InChI is InChI=1S/C19H17BrClN3O6/c1-11-8-14(20)15(21)9-16(11)23-18(26)10-30-19(27)7-6-17(25)22-12-2-4-13(5-3-12)24(28)29/h2-5,8-9H,6-7,10H2,1H3,(H,22,25)(H,23,26). The minimum absolute atomic E-state index is 0.101. The van der Waals surface area contributed by atoms with Crippen LogP contribution in [0.3, 0.4) is 0 Å². The molecule has 2 amide bonds. The van der Waals surface area contributed by atoms with Crippen molar-refractivity contribution in [2.75, 3.05) is 17.2 Å². The molecule has 0 aromatic heterocycles. The molecule has 0 spiro atoms. The maximum atomic E-state index is 11.9. The fourth-order valence-electron chi connectivity index (χ4n) is 2.29. The Hall–Kier alpha value is -2.98. The fourth-order valence-corrected chi connectivity index (χ4v) is 2.91. The number of benzene rings is 2. The summed E-state index contributed by atoms with van der Waals surface area (Å²) in [4.78, 5) is 45.6. The minimum Gasteiger partial charge on any atom is -0.456 e. The minimum atomic E-state index is -0.713. The lowest BCUT2D eigenvalue weighted by atomic mass is 10.2. The molecule has 0 unspecified atom stereocenters. The average Bonchev–Trinajstić information content (AvgIpc) is 2.69. The molecule has 2 rings (SSSR count). The van der Waals surface area contributed by atoms with Crippen molar-refractivity contribution < 1.29 is 24.0 Å². The Labute approximate surface area is 185 Å². The summed E-state index contributed by atoms with van der Waals surface area (Å²) in [6, 6.07) is 8.59. The third-order valence-corrected chi connectivity index (χ3v) is 5.02. The number of carbonyl (C=O) groups excluding carboxylic acids is 3. The third-order valence-electron chi connectivity index (χ3n) is 3.82. The highest BCUT2D eigenvalue weighted by Gasteiger charge is 2.13. The number of aryl methyl sites for hydroxylation is 1. The number of nitrogens with zero attached hydrogens (tertiary/aromatic N) is 1. The van der Waals surface area contributed by atoms with Gasteiger partial charge >= 0.3 is 5.97 Å². The van der Waals surface area contributed by atoms with Crippen molar-refractivity contribution >= 4 is 62.4 Å². The van der Waals surface area contributed by atoms with Crippen molar-refractivity contribution in [2.24, 2.45) is 0 Å². The topological polar surface area (TPSA) is 128 Å². The van der Waals surface area contributed by atoms with E-state index in [1.54, 1.807) is 19.1 Å². The number of nitro benzene ring substituents is 1. The predicted octanol–water partition coefficient (Wildman–Crippen LogP) is 4.22. The highest BCUT2D eigenvalue weighted by Crippen LogP contribution is 2.28. The lowest BCUT2D eigenvalue weighted by Gasteiger charge is -2.10. The maximum Gasteiger partial charge on any atom is 0.306 e. The second-order valence-electron chi connectivity index (χ2n) is 6.14. The van der Waals surface area contributed by atoms with Gasteiger partial charge in [-0.2, -0.15) is 0 Å². The van der Waals surface area contributed by atoms with Crippen LogP contribution in [0.4, 0.5) is 17.1 Å². The van der Waals surface area contributed by atoms with Crippen LogP contribution in [0.5, 0.6) is 0 Å². The second kappa shape index (κ2) is 10.7. The molecule has 0 bridgehead atoms. The molecular formula is C19H17BrClN3O6. The van der Waals surface area contributed by atoms with Gasteiger partial charge in [-0.25, -0.2) is 0 Å². The molecule has 11 heteroatoms. The molecule has 0 heterocycles. The molecule has 2 N–H and O–H groups in total. The Balaban J connectivity index is 1.73. The average molecular weight is 499 g/mol. The Morgan fingerprint density at radius 2 is 1.77 bits per heavy atom. The van der Waals surface area contributed by atoms with E-state index in [9.17, 15) is 24.5 Å². The molecule has 0 aliphatic heterocycles. The fraction of sp³-hybridized carbons (Fsp3) is 0.211. The van der Waals surface area contributed by atoms with E-state index in [2.05, 4.69) is 26.6 Å². The summed E-state index contributed by atoms with van der Waals surface area (Å²) in [5.41, 5.74) is 1.53. The lowest BCUT2D eigenvalue weighted by molar-refractivity contribution is -0.384.